The van der Waals surface area contributed by atoms with Crippen molar-refractivity contribution in [2.45, 2.75) is 244 Å². The highest BCUT2D eigenvalue weighted by Crippen LogP contribution is 2.18. The maximum Gasteiger partial charge on any atom is 0.0799 e. The third-order valence-corrected chi connectivity index (χ3v) is 9.15. The molecule has 0 radical (unpaired) electrons. The van der Waals surface area contributed by atoms with Crippen LogP contribution in [0.1, 0.15) is 232 Å². The van der Waals surface area contributed by atoms with Crippen molar-refractivity contribution in [3.8, 4) is 0 Å². The van der Waals surface area contributed by atoms with Gasteiger partial charge in [-0.25, -0.2) is 0 Å². The standard InChI is InChI=1S/C38H78O2/c1-3-5-7-9-11-13-15-17-19-20-22-24-26-28-30-32-34-36-38(40)37(39)35-33-31-29-27-25-23-21-18-16-14-12-10-8-6-4-2/h37-40H,3-36H2,1-2H3. The van der Waals surface area contributed by atoms with Gasteiger partial charge in [0.2, 0.25) is 0 Å². The molecule has 0 aliphatic heterocycles. The summed E-state index contributed by atoms with van der Waals surface area (Å²) in [5, 5.41) is 20.6. The summed E-state index contributed by atoms with van der Waals surface area (Å²) in [6.45, 7) is 4.58. The topological polar surface area (TPSA) is 40.5 Å². The van der Waals surface area contributed by atoms with Crippen molar-refractivity contribution < 1.29 is 10.2 Å². The number of rotatable bonds is 35. The third kappa shape index (κ3) is 32.4. The van der Waals surface area contributed by atoms with Gasteiger partial charge in [-0.2, -0.15) is 0 Å². The van der Waals surface area contributed by atoms with Crippen LogP contribution in [-0.2, 0) is 0 Å². The van der Waals surface area contributed by atoms with E-state index in [0.29, 0.717) is 0 Å². The molecule has 2 atom stereocenters. The summed E-state index contributed by atoms with van der Waals surface area (Å²) in [6.07, 6.45) is 44.5. The normalized spacial score (nSPS) is 13.2. The molecule has 40 heavy (non-hydrogen) atoms. The average Bonchev–Trinajstić information content (AvgIpc) is 2.96. The van der Waals surface area contributed by atoms with Gasteiger partial charge in [-0.05, 0) is 12.8 Å². The number of hydrogen-bond acceptors (Lipinski definition) is 2. The zero-order chi connectivity index (χ0) is 29.2. The second kappa shape index (κ2) is 35.1. The van der Waals surface area contributed by atoms with E-state index in [1.165, 1.54) is 193 Å². The molecule has 2 heteroatoms. The van der Waals surface area contributed by atoms with Crippen molar-refractivity contribution in [1.29, 1.82) is 0 Å². The molecule has 2 nitrogen and oxygen atoms in total. The fourth-order valence-corrected chi connectivity index (χ4v) is 6.19. The second-order valence-electron chi connectivity index (χ2n) is 13.3. The van der Waals surface area contributed by atoms with E-state index in [1.807, 2.05) is 0 Å². The number of aliphatic hydroxyl groups is 2. The molecule has 0 aromatic heterocycles. The van der Waals surface area contributed by atoms with Gasteiger partial charge in [0.1, 0.15) is 0 Å². The summed E-state index contributed by atoms with van der Waals surface area (Å²) in [5.41, 5.74) is 0. The largest absolute Gasteiger partial charge is 0.390 e. The predicted octanol–water partition coefficient (Wildman–Crippen LogP) is 13.0. The Morgan fingerprint density at radius 1 is 0.250 bits per heavy atom. The van der Waals surface area contributed by atoms with Gasteiger partial charge in [-0.15, -0.1) is 0 Å². The minimum atomic E-state index is -0.511. The molecule has 0 aromatic carbocycles. The van der Waals surface area contributed by atoms with Gasteiger partial charge in [0.15, 0.2) is 0 Å². The van der Waals surface area contributed by atoms with Gasteiger partial charge < -0.3 is 10.2 Å². The first kappa shape index (κ1) is 39.9. The number of hydrogen-bond donors (Lipinski definition) is 2. The summed E-state index contributed by atoms with van der Waals surface area (Å²) >= 11 is 0. The predicted molar refractivity (Wildman–Crippen MR) is 180 cm³/mol. The summed E-state index contributed by atoms with van der Waals surface area (Å²) in [7, 11) is 0. The summed E-state index contributed by atoms with van der Waals surface area (Å²) in [5.74, 6) is 0. The molecule has 2 unspecified atom stereocenters. The van der Waals surface area contributed by atoms with Crippen LogP contribution in [0.15, 0.2) is 0 Å². The van der Waals surface area contributed by atoms with Gasteiger partial charge in [-0.1, -0.05) is 219 Å². The molecule has 0 aliphatic rings. The van der Waals surface area contributed by atoms with E-state index in [1.54, 1.807) is 0 Å². The zero-order valence-electron chi connectivity index (χ0n) is 28.1. The molecule has 0 heterocycles. The van der Waals surface area contributed by atoms with Crippen LogP contribution in [0.3, 0.4) is 0 Å². The SMILES string of the molecule is CCCCCCCCCCCCCCCCCCCC(O)C(O)CCCCCCCCCCCCCCCCC. The van der Waals surface area contributed by atoms with Crippen molar-refractivity contribution in [1.82, 2.24) is 0 Å². The Balaban J connectivity index is 3.26. The lowest BCUT2D eigenvalue weighted by Crippen LogP contribution is -2.25. The molecule has 0 fully saturated rings. The van der Waals surface area contributed by atoms with Crippen LogP contribution < -0.4 is 0 Å². The van der Waals surface area contributed by atoms with Crippen molar-refractivity contribution in [2.75, 3.05) is 0 Å². The lowest BCUT2D eigenvalue weighted by Gasteiger charge is -2.17. The molecule has 0 aromatic rings. The summed E-state index contributed by atoms with van der Waals surface area (Å²) in [4.78, 5) is 0. The quantitative estimate of drug-likeness (QED) is 0.0749. The van der Waals surface area contributed by atoms with Crippen LogP contribution >= 0.6 is 0 Å². The fourth-order valence-electron chi connectivity index (χ4n) is 6.19. The molecule has 2 N–H and O–H groups in total. The molecular weight excluding hydrogens is 488 g/mol. The number of unbranched alkanes of at least 4 members (excludes halogenated alkanes) is 30. The molecule has 0 amide bonds. The first-order valence-corrected chi connectivity index (χ1v) is 19.1. The van der Waals surface area contributed by atoms with E-state index in [2.05, 4.69) is 13.8 Å². The Kier molecular flexibility index (Phi) is 35.0. The Morgan fingerprint density at radius 2 is 0.400 bits per heavy atom. The molecular formula is C38H78O2. The molecule has 242 valence electrons. The molecule has 0 saturated carbocycles. The smallest absolute Gasteiger partial charge is 0.0799 e. The molecule has 0 saturated heterocycles. The lowest BCUT2D eigenvalue weighted by molar-refractivity contribution is 0.00711. The zero-order valence-corrected chi connectivity index (χ0v) is 28.1. The molecule has 0 bridgehead atoms. The van der Waals surface area contributed by atoms with Crippen LogP contribution in [-0.4, -0.2) is 22.4 Å². The maximum atomic E-state index is 10.3. The average molecular weight is 567 g/mol. The Morgan fingerprint density at radius 3 is 0.575 bits per heavy atom. The molecule has 0 aliphatic carbocycles. The van der Waals surface area contributed by atoms with E-state index in [-0.39, 0.29) is 0 Å². The Hall–Kier alpha value is -0.0800. The van der Waals surface area contributed by atoms with Gasteiger partial charge in [0.05, 0.1) is 12.2 Å². The van der Waals surface area contributed by atoms with Gasteiger partial charge in [0.25, 0.3) is 0 Å². The maximum absolute atomic E-state index is 10.3. The molecule has 0 rings (SSSR count). The molecule has 0 spiro atoms. The minimum absolute atomic E-state index is 0.511. The van der Waals surface area contributed by atoms with Gasteiger partial charge in [0, 0.05) is 0 Å². The van der Waals surface area contributed by atoms with Gasteiger partial charge >= 0.3 is 0 Å². The third-order valence-electron chi connectivity index (χ3n) is 9.15. The second-order valence-corrected chi connectivity index (χ2v) is 13.3. The van der Waals surface area contributed by atoms with Crippen molar-refractivity contribution in [3.63, 3.8) is 0 Å². The summed E-state index contributed by atoms with van der Waals surface area (Å²) in [6, 6.07) is 0. The van der Waals surface area contributed by atoms with Crippen LogP contribution in [0.4, 0.5) is 0 Å². The monoisotopic (exact) mass is 567 g/mol. The highest BCUT2D eigenvalue weighted by atomic mass is 16.3. The highest BCUT2D eigenvalue weighted by Gasteiger charge is 2.15. The van der Waals surface area contributed by atoms with Gasteiger partial charge in [-0.3, -0.25) is 0 Å². The fraction of sp³-hybridized carbons (Fsp3) is 1.00. The summed E-state index contributed by atoms with van der Waals surface area (Å²) < 4.78 is 0. The van der Waals surface area contributed by atoms with Crippen LogP contribution in [0, 0.1) is 0 Å². The van der Waals surface area contributed by atoms with Crippen molar-refractivity contribution in [2.24, 2.45) is 0 Å². The van der Waals surface area contributed by atoms with Crippen LogP contribution in [0.25, 0.3) is 0 Å². The Bertz CT molecular complexity index is 437. The first-order valence-electron chi connectivity index (χ1n) is 19.1. The van der Waals surface area contributed by atoms with Crippen molar-refractivity contribution in [3.05, 3.63) is 0 Å². The van der Waals surface area contributed by atoms with E-state index in [9.17, 15) is 10.2 Å². The van der Waals surface area contributed by atoms with E-state index < -0.39 is 12.2 Å². The number of aliphatic hydroxyl groups excluding tert-OH is 2. The van der Waals surface area contributed by atoms with Crippen molar-refractivity contribution >= 4 is 0 Å². The minimum Gasteiger partial charge on any atom is -0.390 e. The van der Waals surface area contributed by atoms with Crippen LogP contribution in [0.5, 0.6) is 0 Å². The van der Waals surface area contributed by atoms with Crippen LogP contribution in [0.2, 0.25) is 0 Å². The Labute approximate surface area is 254 Å². The first-order chi connectivity index (χ1) is 19.7. The van der Waals surface area contributed by atoms with E-state index in [4.69, 9.17) is 0 Å². The van der Waals surface area contributed by atoms with E-state index >= 15 is 0 Å². The van der Waals surface area contributed by atoms with E-state index in [0.717, 1.165) is 25.7 Å². The highest BCUT2D eigenvalue weighted by molar-refractivity contribution is 4.67. The lowest BCUT2D eigenvalue weighted by atomic mass is 9.99.